The maximum atomic E-state index is 4.43. The SMILES string of the molecule is C=C(C)C1CCC1.C=C/C(=C(/C)N=C(C)C)C1CC1.CC.CCCCC.Cc1cccc(C)c1. The van der Waals surface area contributed by atoms with Gasteiger partial charge in [-0.3, -0.25) is 4.99 Å². The molecule has 2 aliphatic carbocycles. The molecule has 0 amide bonds. The van der Waals surface area contributed by atoms with Crippen molar-refractivity contribution in [3.8, 4) is 0 Å². The molecule has 0 aromatic heterocycles. The maximum absolute atomic E-state index is 4.43. The summed E-state index contributed by atoms with van der Waals surface area (Å²) in [5.74, 6) is 1.64. The molecule has 34 heavy (non-hydrogen) atoms. The quantitative estimate of drug-likeness (QED) is 0.224. The standard InChI is InChI=1S/C11H17N.C8H10.C7H12.C5H12.C2H6/c1-5-11(10-6-7-10)9(4)12-8(2)3;1-7-4-3-5-8(2)6-7;1-6(2)7-4-3-5-7;1-3-5-4-2;1-2/h5,10H,1,6-7H2,2-4H3;3-6H,1-2H3;7H,1,3-5H2,2H3;3-5H2,1-2H3;1-2H3/b11-9+;;;;. The van der Waals surface area contributed by atoms with Gasteiger partial charge in [0.15, 0.2) is 0 Å². The van der Waals surface area contributed by atoms with E-state index in [1.807, 2.05) is 33.8 Å². The van der Waals surface area contributed by atoms with Crippen LogP contribution in [0.3, 0.4) is 0 Å². The van der Waals surface area contributed by atoms with E-state index in [1.54, 1.807) is 0 Å². The second-order valence-corrected chi connectivity index (χ2v) is 9.56. The molecule has 0 radical (unpaired) electrons. The summed E-state index contributed by atoms with van der Waals surface area (Å²) in [6, 6.07) is 8.45. The van der Waals surface area contributed by atoms with Crippen molar-refractivity contribution < 1.29 is 0 Å². The van der Waals surface area contributed by atoms with Crippen LogP contribution in [0.2, 0.25) is 0 Å². The van der Waals surface area contributed by atoms with Gasteiger partial charge in [0, 0.05) is 11.4 Å². The average Bonchev–Trinajstić information content (AvgIpc) is 3.55. The number of hydrogen-bond acceptors (Lipinski definition) is 1. The number of aryl methyl sites for hydroxylation is 2. The predicted molar refractivity (Wildman–Crippen MR) is 159 cm³/mol. The molecule has 0 atom stereocenters. The Morgan fingerprint density at radius 1 is 0.912 bits per heavy atom. The molecule has 0 aliphatic heterocycles. The number of allylic oxidation sites excluding steroid dienone is 4. The summed E-state index contributed by atoms with van der Waals surface area (Å²) in [7, 11) is 0. The van der Waals surface area contributed by atoms with Crippen LogP contribution >= 0.6 is 0 Å². The van der Waals surface area contributed by atoms with Crippen molar-refractivity contribution in [3.63, 3.8) is 0 Å². The first-order valence-corrected chi connectivity index (χ1v) is 13.7. The highest BCUT2D eigenvalue weighted by molar-refractivity contribution is 5.80. The van der Waals surface area contributed by atoms with Gasteiger partial charge in [0.25, 0.3) is 0 Å². The van der Waals surface area contributed by atoms with Crippen LogP contribution in [-0.4, -0.2) is 5.71 Å². The molecule has 2 saturated carbocycles. The Kier molecular flexibility index (Phi) is 21.8. The van der Waals surface area contributed by atoms with Gasteiger partial charge in [-0.15, -0.1) is 0 Å². The van der Waals surface area contributed by atoms with Crippen molar-refractivity contribution in [3.05, 3.63) is 71.5 Å². The monoisotopic (exact) mass is 467 g/mol. The van der Waals surface area contributed by atoms with Gasteiger partial charge in [-0.25, -0.2) is 0 Å². The molecule has 1 aromatic carbocycles. The average molecular weight is 468 g/mol. The predicted octanol–water partition coefficient (Wildman–Crippen LogP) is 11.2. The lowest BCUT2D eigenvalue weighted by Crippen LogP contribution is -2.10. The third kappa shape index (κ3) is 18.5. The first-order valence-electron chi connectivity index (χ1n) is 13.7. The van der Waals surface area contributed by atoms with Gasteiger partial charge in [-0.05, 0) is 84.6 Å². The summed E-state index contributed by atoms with van der Waals surface area (Å²) in [6.45, 7) is 28.6. The number of nitrogens with zero attached hydrogens (tertiary/aromatic N) is 1. The fraction of sp³-hybridized carbons (Fsp3) is 0.606. The Labute approximate surface area is 214 Å². The van der Waals surface area contributed by atoms with Gasteiger partial charge in [-0.1, -0.05) is 114 Å². The summed E-state index contributed by atoms with van der Waals surface area (Å²) >= 11 is 0. The van der Waals surface area contributed by atoms with E-state index < -0.39 is 0 Å². The number of hydrogen-bond donors (Lipinski definition) is 0. The Hall–Kier alpha value is -1.89. The summed E-state index contributed by atoms with van der Waals surface area (Å²) in [4.78, 5) is 4.43. The van der Waals surface area contributed by atoms with Crippen LogP contribution in [0.25, 0.3) is 0 Å². The summed E-state index contributed by atoms with van der Waals surface area (Å²) in [6.07, 6.45) is 12.9. The van der Waals surface area contributed by atoms with Crippen LogP contribution < -0.4 is 0 Å². The van der Waals surface area contributed by atoms with E-state index in [0.29, 0.717) is 0 Å². The lowest BCUT2D eigenvalue weighted by molar-refractivity contribution is 0.369. The molecule has 2 aliphatic rings. The molecule has 0 heterocycles. The van der Waals surface area contributed by atoms with E-state index in [2.05, 4.69) is 84.0 Å². The van der Waals surface area contributed by atoms with Crippen LogP contribution in [0.5, 0.6) is 0 Å². The van der Waals surface area contributed by atoms with E-state index in [9.17, 15) is 0 Å². The fourth-order valence-corrected chi connectivity index (χ4v) is 3.47. The highest BCUT2D eigenvalue weighted by Crippen LogP contribution is 2.38. The van der Waals surface area contributed by atoms with Gasteiger partial charge in [0.05, 0.1) is 0 Å². The minimum Gasteiger partial charge on any atom is -0.263 e. The van der Waals surface area contributed by atoms with E-state index >= 15 is 0 Å². The third-order valence-corrected chi connectivity index (χ3v) is 5.73. The highest BCUT2D eigenvalue weighted by atomic mass is 14.7. The molecule has 0 spiro atoms. The second-order valence-electron chi connectivity index (χ2n) is 9.56. The minimum absolute atomic E-state index is 0.755. The molecule has 0 N–H and O–H groups in total. The van der Waals surface area contributed by atoms with Crippen LogP contribution in [-0.2, 0) is 0 Å². The van der Waals surface area contributed by atoms with Crippen LogP contribution in [0.4, 0.5) is 0 Å². The first kappa shape index (κ1) is 34.3. The first-order chi connectivity index (χ1) is 16.2. The molecular weight excluding hydrogens is 410 g/mol. The molecule has 3 rings (SSSR count). The lowest BCUT2D eigenvalue weighted by Gasteiger charge is -2.25. The lowest BCUT2D eigenvalue weighted by atomic mass is 9.81. The van der Waals surface area contributed by atoms with E-state index in [0.717, 1.165) is 23.2 Å². The van der Waals surface area contributed by atoms with E-state index in [4.69, 9.17) is 0 Å². The van der Waals surface area contributed by atoms with Gasteiger partial charge in [0.1, 0.15) is 0 Å². The number of unbranched alkanes of at least 4 members (excludes halogenated alkanes) is 2. The van der Waals surface area contributed by atoms with Gasteiger partial charge in [0.2, 0.25) is 0 Å². The third-order valence-electron chi connectivity index (χ3n) is 5.73. The molecule has 1 aromatic rings. The zero-order valence-electron chi connectivity index (χ0n) is 24.6. The highest BCUT2D eigenvalue weighted by Gasteiger charge is 2.25. The molecular formula is C33H57N. The molecule has 1 heteroatoms. The molecule has 0 bridgehead atoms. The Bertz CT molecular complexity index is 703. The normalized spacial score (nSPS) is 14.4. The number of aliphatic imine (C=N–C) groups is 1. The minimum atomic E-state index is 0.755. The number of rotatable bonds is 6. The number of benzene rings is 1. The van der Waals surface area contributed by atoms with Gasteiger partial charge in [-0.2, -0.15) is 0 Å². The summed E-state index contributed by atoms with van der Waals surface area (Å²) in [5.41, 5.74) is 7.66. The van der Waals surface area contributed by atoms with Crippen molar-refractivity contribution in [1.29, 1.82) is 0 Å². The fourth-order valence-electron chi connectivity index (χ4n) is 3.47. The van der Waals surface area contributed by atoms with Crippen LogP contribution in [0.15, 0.2) is 65.3 Å². The molecule has 2 fully saturated rings. The molecule has 1 nitrogen and oxygen atoms in total. The van der Waals surface area contributed by atoms with Crippen molar-refractivity contribution >= 4 is 5.71 Å². The molecule has 194 valence electrons. The van der Waals surface area contributed by atoms with Crippen molar-refractivity contribution in [2.45, 2.75) is 121 Å². The van der Waals surface area contributed by atoms with Crippen molar-refractivity contribution in [2.75, 3.05) is 0 Å². The van der Waals surface area contributed by atoms with E-state index in [1.165, 1.54) is 73.6 Å². The zero-order valence-corrected chi connectivity index (χ0v) is 24.6. The maximum Gasteiger partial charge on any atom is 0.0406 e. The second kappa shape index (κ2) is 21.6. The van der Waals surface area contributed by atoms with Crippen molar-refractivity contribution in [2.24, 2.45) is 16.8 Å². The van der Waals surface area contributed by atoms with Crippen LogP contribution in [0, 0.1) is 25.7 Å². The van der Waals surface area contributed by atoms with Gasteiger partial charge < -0.3 is 0 Å². The van der Waals surface area contributed by atoms with E-state index in [-0.39, 0.29) is 0 Å². The zero-order chi connectivity index (χ0) is 26.5. The Balaban J connectivity index is 0. The Morgan fingerprint density at radius 3 is 1.59 bits per heavy atom. The summed E-state index contributed by atoms with van der Waals surface area (Å²) < 4.78 is 0. The van der Waals surface area contributed by atoms with Crippen molar-refractivity contribution in [1.82, 2.24) is 0 Å². The van der Waals surface area contributed by atoms with Crippen LogP contribution in [0.1, 0.15) is 118 Å². The molecule has 0 saturated heterocycles. The largest absolute Gasteiger partial charge is 0.263 e. The molecule has 0 unspecified atom stereocenters. The smallest absolute Gasteiger partial charge is 0.0406 e. The Morgan fingerprint density at radius 2 is 1.41 bits per heavy atom. The topological polar surface area (TPSA) is 12.4 Å². The summed E-state index contributed by atoms with van der Waals surface area (Å²) in [5, 5.41) is 0. The van der Waals surface area contributed by atoms with Gasteiger partial charge >= 0.3 is 0 Å².